The number of benzene rings is 1. The Hall–Kier alpha value is -3.35. The minimum atomic E-state index is 0.244. The second-order valence-corrected chi connectivity index (χ2v) is 8.60. The van der Waals surface area contributed by atoms with Crippen LogP contribution in [0.5, 0.6) is 0 Å². The van der Waals surface area contributed by atoms with Crippen molar-refractivity contribution in [2.24, 2.45) is 14.1 Å². The lowest BCUT2D eigenvalue weighted by atomic mass is 10.0. The smallest absolute Gasteiger partial charge is 0.181 e. The van der Waals surface area contributed by atoms with Gasteiger partial charge in [-0.15, -0.1) is 0 Å². The molecule has 3 heterocycles. The van der Waals surface area contributed by atoms with E-state index in [-0.39, 0.29) is 5.92 Å². The Morgan fingerprint density at radius 1 is 1.07 bits per heavy atom. The van der Waals surface area contributed by atoms with Crippen LogP contribution in [0.1, 0.15) is 49.9 Å². The quantitative estimate of drug-likeness (QED) is 0.499. The Morgan fingerprint density at radius 3 is 2.53 bits per heavy atom. The number of para-hydroxylation sites is 1. The normalized spacial score (nSPS) is 14.2. The lowest BCUT2D eigenvalue weighted by Crippen LogP contribution is -2.03. The van der Waals surface area contributed by atoms with Crippen molar-refractivity contribution in [3.8, 4) is 22.6 Å². The van der Waals surface area contributed by atoms with Crippen LogP contribution in [0.15, 0.2) is 30.5 Å². The maximum Gasteiger partial charge on any atom is 0.181 e. The Bertz CT molecular complexity index is 1270. The molecule has 4 N–H and O–H groups in total. The number of pyridine rings is 1. The minimum absolute atomic E-state index is 0.244. The summed E-state index contributed by atoms with van der Waals surface area (Å²) >= 11 is 0. The van der Waals surface area contributed by atoms with E-state index in [1.807, 2.05) is 31.4 Å². The van der Waals surface area contributed by atoms with Crippen LogP contribution in [0.2, 0.25) is 0 Å². The molecule has 1 fully saturated rings. The van der Waals surface area contributed by atoms with Crippen LogP contribution in [0, 0.1) is 0 Å². The summed E-state index contributed by atoms with van der Waals surface area (Å²) in [6, 6.07) is 7.94. The summed E-state index contributed by atoms with van der Waals surface area (Å²) in [5.74, 6) is 1.66. The number of nitrogens with zero attached hydrogens (tertiary/aromatic N) is 5. The summed E-state index contributed by atoms with van der Waals surface area (Å²) in [5.41, 5.74) is 19.5. The molecule has 1 saturated carbocycles. The maximum atomic E-state index is 6.36. The van der Waals surface area contributed by atoms with Crippen LogP contribution < -0.4 is 11.5 Å². The van der Waals surface area contributed by atoms with E-state index in [0.29, 0.717) is 17.3 Å². The Morgan fingerprint density at radius 2 is 1.83 bits per heavy atom. The fourth-order valence-corrected chi connectivity index (χ4v) is 4.27. The molecule has 7 nitrogen and oxygen atoms in total. The highest BCUT2D eigenvalue weighted by Crippen LogP contribution is 2.47. The van der Waals surface area contributed by atoms with Gasteiger partial charge in [0.25, 0.3) is 0 Å². The standard InChI is InChI=1S/C23H27N7/c1-12(2)19-16(10-14-11-29(3)28-22(14)26-19)23-27-20(21(30(23)4)13-8-9-13)15-6-5-7-17(24)18(15)25/h5-7,10-13H,8-9,24-25H2,1-4H3. The van der Waals surface area contributed by atoms with Crippen molar-refractivity contribution in [2.45, 2.75) is 38.5 Å². The molecule has 5 rings (SSSR count). The first-order valence-electron chi connectivity index (χ1n) is 10.4. The van der Waals surface area contributed by atoms with Crippen LogP contribution in [0.3, 0.4) is 0 Å². The van der Waals surface area contributed by atoms with Crippen LogP contribution in [0.25, 0.3) is 33.7 Å². The van der Waals surface area contributed by atoms with E-state index in [9.17, 15) is 0 Å². The molecule has 4 aromatic rings. The van der Waals surface area contributed by atoms with E-state index in [1.165, 1.54) is 18.5 Å². The van der Waals surface area contributed by atoms with Gasteiger partial charge >= 0.3 is 0 Å². The van der Waals surface area contributed by atoms with Gasteiger partial charge in [-0.3, -0.25) is 4.68 Å². The zero-order chi connectivity index (χ0) is 21.2. The summed E-state index contributed by atoms with van der Waals surface area (Å²) in [5, 5.41) is 5.50. The molecule has 3 aromatic heterocycles. The van der Waals surface area contributed by atoms with Crippen molar-refractivity contribution in [3.63, 3.8) is 0 Å². The molecule has 0 amide bonds. The van der Waals surface area contributed by atoms with Crippen LogP contribution in [-0.2, 0) is 14.1 Å². The van der Waals surface area contributed by atoms with Gasteiger partial charge in [-0.1, -0.05) is 26.0 Å². The predicted molar refractivity (Wildman–Crippen MR) is 121 cm³/mol. The summed E-state index contributed by atoms with van der Waals surface area (Å²) in [6.07, 6.45) is 4.34. The zero-order valence-electron chi connectivity index (χ0n) is 17.8. The molecule has 0 unspecified atom stereocenters. The minimum Gasteiger partial charge on any atom is -0.397 e. The van der Waals surface area contributed by atoms with Gasteiger partial charge < -0.3 is 16.0 Å². The number of hydrogen-bond acceptors (Lipinski definition) is 5. The molecule has 30 heavy (non-hydrogen) atoms. The number of aryl methyl sites for hydroxylation is 1. The van der Waals surface area contributed by atoms with E-state index in [2.05, 4.69) is 36.6 Å². The second kappa shape index (κ2) is 6.58. The van der Waals surface area contributed by atoms with E-state index >= 15 is 0 Å². The number of hydrogen-bond donors (Lipinski definition) is 2. The average Bonchev–Trinajstić information content (AvgIpc) is 3.38. The molecule has 0 atom stereocenters. The maximum absolute atomic E-state index is 6.36. The average molecular weight is 402 g/mol. The van der Waals surface area contributed by atoms with Gasteiger partial charge in [-0.25, -0.2) is 9.97 Å². The van der Waals surface area contributed by atoms with E-state index < -0.39 is 0 Å². The van der Waals surface area contributed by atoms with E-state index in [1.54, 1.807) is 4.68 Å². The molecule has 1 aliphatic carbocycles. The van der Waals surface area contributed by atoms with Crippen molar-refractivity contribution in [2.75, 3.05) is 11.5 Å². The molecular formula is C23H27N7. The first kappa shape index (κ1) is 18.7. The second-order valence-electron chi connectivity index (χ2n) is 8.60. The van der Waals surface area contributed by atoms with E-state index in [4.69, 9.17) is 21.4 Å². The van der Waals surface area contributed by atoms with Crippen molar-refractivity contribution in [1.82, 2.24) is 24.3 Å². The largest absolute Gasteiger partial charge is 0.397 e. The molecular weight excluding hydrogens is 374 g/mol. The number of rotatable bonds is 4. The van der Waals surface area contributed by atoms with Crippen molar-refractivity contribution >= 4 is 22.4 Å². The number of imidazole rings is 1. The van der Waals surface area contributed by atoms with Gasteiger partial charge in [0, 0.05) is 48.4 Å². The molecule has 0 radical (unpaired) electrons. The molecule has 1 aromatic carbocycles. The van der Waals surface area contributed by atoms with Gasteiger partial charge in [-0.2, -0.15) is 5.10 Å². The predicted octanol–water partition coefficient (Wildman–Crippen LogP) is 4.20. The van der Waals surface area contributed by atoms with Crippen LogP contribution >= 0.6 is 0 Å². The summed E-state index contributed by atoms with van der Waals surface area (Å²) in [7, 11) is 4.02. The molecule has 154 valence electrons. The zero-order valence-corrected chi connectivity index (χ0v) is 17.8. The summed E-state index contributed by atoms with van der Waals surface area (Å²) < 4.78 is 4.03. The van der Waals surface area contributed by atoms with Gasteiger partial charge in [-0.05, 0) is 30.9 Å². The SMILES string of the molecule is CC(C)c1nc2nn(C)cc2cc1-c1nc(-c2cccc(N)c2N)c(C2CC2)n1C. The molecule has 0 bridgehead atoms. The summed E-state index contributed by atoms with van der Waals surface area (Å²) in [6.45, 7) is 4.31. The van der Waals surface area contributed by atoms with Crippen molar-refractivity contribution in [3.05, 3.63) is 41.9 Å². The highest BCUT2D eigenvalue weighted by atomic mass is 15.3. The Kier molecular flexibility index (Phi) is 4.10. The highest BCUT2D eigenvalue weighted by Gasteiger charge is 2.33. The lowest BCUT2D eigenvalue weighted by molar-refractivity contribution is 0.769. The van der Waals surface area contributed by atoms with Gasteiger partial charge in [0.15, 0.2) is 5.65 Å². The lowest BCUT2D eigenvalue weighted by Gasteiger charge is -2.12. The number of nitrogens with two attached hydrogens (primary N) is 2. The Labute approximate surface area is 175 Å². The number of aromatic nitrogens is 5. The van der Waals surface area contributed by atoms with Gasteiger partial charge in [0.05, 0.1) is 22.8 Å². The number of anilines is 2. The first-order valence-corrected chi connectivity index (χ1v) is 10.4. The van der Waals surface area contributed by atoms with Crippen molar-refractivity contribution in [1.29, 1.82) is 0 Å². The topological polar surface area (TPSA) is 101 Å². The highest BCUT2D eigenvalue weighted by molar-refractivity contribution is 5.86. The molecule has 1 aliphatic rings. The van der Waals surface area contributed by atoms with E-state index in [0.717, 1.165) is 39.4 Å². The summed E-state index contributed by atoms with van der Waals surface area (Å²) in [4.78, 5) is 10.0. The van der Waals surface area contributed by atoms with Crippen LogP contribution in [0.4, 0.5) is 11.4 Å². The Balaban J connectivity index is 1.78. The molecule has 0 aliphatic heterocycles. The molecule has 0 spiro atoms. The monoisotopic (exact) mass is 401 g/mol. The fourth-order valence-electron chi connectivity index (χ4n) is 4.27. The van der Waals surface area contributed by atoms with Gasteiger partial charge in [0.1, 0.15) is 5.82 Å². The molecule has 7 heteroatoms. The van der Waals surface area contributed by atoms with Crippen LogP contribution in [-0.4, -0.2) is 24.3 Å². The fraction of sp³-hybridized carbons (Fsp3) is 0.348. The number of nitrogen functional groups attached to an aromatic ring is 2. The van der Waals surface area contributed by atoms with Crippen molar-refractivity contribution < 1.29 is 0 Å². The third-order valence-electron chi connectivity index (χ3n) is 5.92. The third kappa shape index (κ3) is 2.84. The number of fused-ring (bicyclic) bond motifs is 1. The molecule has 0 saturated heterocycles. The third-order valence-corrected chi connectivity index (χ3v) is 5.92. The van der Waals surface area contributed by atoms with Gasteiger partial charge in [0.2, 0.25) is 0 Å². The first-order chi connectivity index (χ1) is 14.3.